The number of benzene rings is 1. The van der Waals surface area contributed by atoms with Crippen LogP contribution in [0.1, 0.15) is 12.8 Å². The number of fused-ring (bicyclic) bond motifs is 1. The van der Waals surface area contributed by atoms with Crippen LogP contribution in [0.15, 0.2) is 48.8 Å². The number of halogens is 1. The van der Waals surface area contributed by atoms with Crippen molar-refractivity contribution in [2.24, 2.45) is 13.0 Å². The molecule has 6 heteroatoms. The van der Waals surface area contributed by atoms with Crippen molar-refractivity contribution < 1.29 is 4.79 Å². The molecule has 4 rings (SSSR count). The number of nitrogens with zero attached hydrogens (tertiary/aromatic N) is 3. The molecule has 2 aromatic heterocycles. The average Bonchev–Trinajstić information content (AvgIpc) is 3.05. The second-order valence-corrected chi connectivity index (χ2v) is 7.19. The molecule has 1 aliphatic heterocycles. The maximum Gasteiger partial charge on any atom is 0.227 e. The number of amides is 1. The molecule has 1 aromatic carbocycles. The number of anilines is 2. The smallest absolute Gasteiger partial charge is 0.227 e. The van der Waals surface area contributed by atoms with Gasteiger partial charge >= 0.3 is 0 Å². The predicted octanol–water partition coefficient (Wildman–Crippen LogP) is 4.08. The van der Waals surface area contributed by atoms with Crippen molar-refractivity contribution in [1.29, 1.82) is 0 Å². The molecule has 134 valence electrons. The van der Waals surface area contributed by atoms with Gasteiger partial charge in [-0.2, -0.15) is 0 Å². The first kappa shape index (κ1) is 16.9. The van der Waals surface area contributed by atoms with Crippen molar-refractivity contribution in [3.05, 3.63) is 53.8 Å². The van der Waals surface area contributed by atoms with Gasteiger partial charge in [-0.1, -0.05) is 17.7 Å². The summed E-state index contributed by atoms with van der Waals surface area (Å²) >= 11 is 5.90. The largest absolute Gasteiger partial charge is 0.357 e. The molecule has 0 spiro atoms. The van der Waals surface area contributed by atoms with Gasteiger partial charge in [0.25, 0.3) is 0 Å². The summed E-state index contributed by atoms with van der Waals surface area (Å²) < 4.78 is 2.06. The van der Waals surface area contributed by atoms with E-state index in [2.05, 4.69) is 25.8 Å². The normalized spacial score (nSPS) is 15.4. The van der Waals surface area contributed by atoms with Gasteiger partial charge in [-0.05, 0) is 43.2 Å². The predicted molar refractivity (Wildman–Crippen MR) is 106 cm³/mol. The molecule has 3 aromatic rings. The third-order valence-electron chi connectivity index (χ3n) is 5.09. The first-order valence-corrected chi connectivity index (χ1v) is 9.21. The number of piperidine rings is 1. The number of aryl methyl sites for hydroxylation is 1. The number of pyridine rings is 1. The van der Waals surface area contributed by atoms with Crippen LogP contribution < -0.4 is 10.2 Å². The van der Waals surface area contributed by atoms with Crippen molar-refractivity contribution in [2.45, 2.75) is 12.8 Å². The lowest BCUT2D eigenvalue weighted by molar-refractivity contribution is -0.120. The van der Waals surface area contributed by atoms with E-state index in [0.717, 1.165) is 48.3 Å². The minimum absolute atomic E-state index is 0.0255. The van der Waals surface area contributed by atoms with Gasteiger partial charge < -0.3 is 14.8 Å². The van der Waals surface area contributed by atoms with Crippen LogP contribution in [0.2, 0.25) is 5.02 Å². The van der Waals surface area contributed by atoms with Crippen molar-refractivity contribution in [2.75, 3.05) is 23.3 Å². The second-order valence-electron chi connectivity index (χ2n) is 6.75. The van der Waals surface area contributed by atoms with Crippen molar-refractivity contribution in [1.82, 2.24) is 9.55 Å². The fourth-order valence-corrected chi connectivity index (χ4v) is 3.68. The number of hydrogen-bond acceptors (Lipinski definition) is 3. The Labute approximate surface area is 157 Å². The molecule has 3 heterocycles. The number of carbonyl (C=O) groups excluding carboxylic acids is 1. The van der Waals surface area contributed by atoms with Crippen LogP contribution in [-0.2, 0) is 11.8 Å². The Morgan fingerprint density at radius 2 is 2.00 bits per heavy atom. The molecule has 5 nitrogen and oxygen atoms in total. The fraction of sp³-hybridized carbons (Fsp3) is 0.300. The highest BCUT2D eigenvalue weighted by molar-refractivity contribution is 6.30. The summed E-state index contributed by atoms with van der Waals surface area (Å²) in [6, 6.07) is 11.8. The molecule has 1 saturated heterocycles. The van der Waals surface area contributed by atoms with Gasteiger partial charge in [-0.15, -0.1) is 0 Å². The van der Waals surface area contributed by atoms with Crippen molar-refractivity contribution >= 4 is 39.9 Å². The molecule has 0 atom stereocenters. The third kappa shape index (κ3) is 3.27. The Bertz CT molecular complexity index is 927. The Morgan fingerprint density at radius 1 is 1.19 bits per heavy atom. The van der Waals surface area contributed by atoms with Gasteiger partial charge in [0.15, 0.2) is 0 Å². The molecule has 0 radical (unpaired) electrons. The summed E-state index contributed by atoms with van der Waals surface area (Å²) in [5, 5.41) is 4.84. The minimum Gasteiger partial charge on any atom is -0.357 e. The van der Waals surface area contributed by atoms with Crippen LogP contribution in [0.25, 0.3) is 10.9 Å². The van der Waals surface area contributed by atoms with E-state index in [1.54, 1.807) is 6.20 Å². The number of rotatable bonds is 3. The SMILES string of the molecule is Cn1ccc2c(NC(=O)C3CCN(c4ccc(Cl)cn4)CC3)cccc21. The van der Waals surface area contributed by atoms with E-state index < -0.39 is 0 Å². The van der Waals surface area contributed by atoms with E-state index in [-0.39, 0.29) is 11.8 Å². The van der Waals surface area contributed by atoms with Crippen LogP contribution in [0.4, 0.5) is 11.5 Å². The minimum atomic E-state index is 0.0255. The molecule has 1 amide bonds. The number of nitrogens with one attached hydrogen (secondary N) is 1. The topological polar surface area (TPSA) is 50.2 Å². The average molecular weight is 369 g/mol. The van der Waals surface area contributed by atoms with Crippen molar-refractivity contribution in [3.63, 3.8) is 0 Å². The lowest BCUT2D eigenvalue weighted by atomic mass is 9.95. The first-order chi connectivity index (χ1) is 12.6. The molecule has 0 bridgehead atoms. The van der Waals surface area contributed by atoms with Gasteiger partial charge in [0, 0.05) is 49.4 Å². The van der Waals surface area contributed by atoms with Gasteiger partial charge in [-0.25, -0.2) is 4.98 Å². The maximum atomic E-state index is 12.7. The molecule has 1 fully saturated rings. The third-order valence-corrected chi connectivity index (χ3v) is 5.31. The zero-order valence-corrected chi connectivity index (χ0v) is 15.4. The second kappa shape index (κ2) is 7.00. The highest BCUT2D eigenvalue weighted by atomic mass is 35.5. The zero-order valence-electron chi connectivity index (χ0n) is 14.7. The summed E-state index contributed by atoms with van der Waals surface area (Å²) in [7, 11) is 2.01. The van der Waals surface area contributed by atoms with Crippen LogP contribution >= 0.6 is 11.6 Å². The van der Waals surface area contributed by atoms with Gasteiger partial charge in [0.2, 0.25) is 5.91 Å². The number of carbonyl (C=O) groups is 1. The molecular formula is C20H21ClN4O. The Morgan fingerprint density at radius 3 is 2.73 bits per heavy atom. The van der Waals surface area contributed by atoms with Crippen LogP contribution in [-0.4, -0.2) is 28.5 Å². The van der Waals surface area contributed by atoms with E-state index in [1.807, 2.05) is 43.6 Å². The fourth-order valence-electron chi connectivity index (χ4n) is 3.57. The van der Waals surface area contributed by atoms with Crippen LogP contribution in [0.5, 0.6) is 0 Å². The summed E-state index contributed by atoms with van der Waals surface area (Å²) in [4.78, 5) is 19.3. The van der Waals surface area contributed by atoms with Crippen LogP contribution in [0.3, 0.4) is 0 Å². The Balaban J connectivity index is 1.41. The first-order valence-electron chi connectivity index (χ1n) is 8.83. The molecule has 0 saturated carbocycles. The van der Waals surface area contributed by atoms with Gasteiger partial charge in [0.1, 0.15) is 5.82 Å². The summed E-state index contributed by atoms with van der Waals surface area (Å²) in [5.41, 5.74) is 2.00. The van der Waals surface area contributed by atoms with E-state index in [1.165, 1.54) is 0 Å². The van der Waals surface area contributed by atoms with Crippen LogP contribution in [0, 0.1) is 5.92 Å². The Kier molecular flexibility index (Phi) is 4.55. The summed E-state index contributed by atoms with van der Waals surface area (Å²) in [6.07, 6.45) is 5.32. The van der Waals surface area contributed by atoms with Gasteiger partial charge in [-0.3, -0.25) is 4.79 Å². The van der Waals surface area contributed by atoms with E-state index in [9.17, 15) is 4.79 Å². The molecule has 0 aliphatic carbocycles. The van der Waals surface area contributed by atoms with Gasteiger partial charge in [0.05, 0.1) is 10.7 Å². The molecular weight excluding hydrogens is 348 g/mol. The number of hydrogen-bond donors (Lipinski definition) is 1. The summed E-state index contributed by atoms with van der Waals surface area (Å²) in [6.45, 7) is 1.64. The van der Waals surface area contributed by atoms with Crippen molar-refractivity contribution in [3.8, 4) is 0 Å². The standard InChI is InChI=1S/C20H21ClN4O/c1-24-10-9-16-17(3-2-4-18(16)24)23-20(26)14-7-11-25(12-8-14)19-6-5-15(21)13-22-19/h2-6,9-10,13-14H,7-8,11-12H2,1H3,(H,23,26). The number of aromatic nitrogens is 2. The van der Waals surface area contributed by atoms with E-state index >= 15 is 0 Å². The maximum absolute atomic E-state index is 12.7. The Hall–Kier alpha value is -2.53. The molecule has 1 N–H and O–H groups in total. The molecule has 1 aliphatic rings. The highest BCUT2D eigenvalue weighted by Gasteiger charge is 2.26. The highest BCUT2D eigenvalue weighted by Crippen LogP contribution is 2.27. The lowest BCUT2D eigenvalue weighted by Gasteiger charge is -2.32. The molecule has 26 heavy (non-hydrogen) atoms. The summed E-state index contributed by atoms with van der Waals surface area (Å²) in [5.74, 6) is 1.05. The van der Waals surface area contributed by atoms with E-state index in [0.29, 0.717) is 5.02 Å². The quantitative estimate of drug-likeness (QED) is 0.757. The monoisotopic (exact) mass is 368 g/mol. The molecule has 0 unspecified atom stereocenters. The zero-order chi connectivity index (χ0) is 18.1. The van der Waals surface area contributed by atoms with E-state index in [4.69, 9.17) is 11.6 Å². The lowest BCUT2D eigenvalue weighted by Crippen LogP contribution is -2.38.